The predicted molar refractivity (Wildman–Crippen MR) is 91.6 cm³/mol. The molecule has 0 aliphatic rings. The molecule has 0 unspecified atom stereocenters. The minimum atomic E-state index is -0.473. The molecule has 3 rings (SSSR count). The number of nitro groups is 1. The van der Waals surface area contributed by atoms with Crippen molar-refractivity contribution in [1.29, 1.82) is 0 Å². The van der Waals surface area contributed by atoms with Gasteiger partial charge in [0.15, 0.2) is 0 Å². The molecule has 0 saturated carbocycles. The van der Waals surface area contributed by atoms with Crippen LogP contribution in [0, 0.1) is 10.1 Å². The van der Waals surface area contributed by atoms with E-state index in [9.17, 15) is 20.0 Å². The normalized spacial score (nSPS) is 11.0. The first-order valence-corrected chi connectivity index (χ1v) is 7.65. The van der Waals surface area contributed by atoms with Gasteiger partial charge in [0, 0.05) is 22.2 Å². The van der Waals surface area contributed by atoms with Crippen LogP contribution >= 0.6 is 11.3 Å². The minimum Gasteiger partial charge on any atom is -0.508 e. The van der Waals surface area contributed by atoms with Gasteiger partial charge in [-0.15, -0.1) is 11.3 Å². The van der Waals surface area contributed by atoms with E-state index in [4.69, 9.17) is 0 Å². The number of nitrogens with zero attached hydrogens (tertiary/aromatic N) is 2. The number of rotatable bonds is 4. The summed E-state index contributed by atoms with van der Waals surface area (Å²) in [6, 6.07) is 12.4. The molecule has 0 fully saturated rings. The van der Waals surface area contributed by atoms with E-state index >= 15 is 0 Å². The fraction of sp³-hybridized carbons (Fsp3) is 0. The predicted octanol–water partition coefficient (Wildman–Crippen LogP) is 3.28. The zero-order valence-electron chi connectivity index (χ0n) is 12.2. The maximum atomic E-state index is 12.1. The van der Waals surface area contributed by atoms with E-state index in [2.05, 4.69) is 10.5 Å². The van der Waals surface area contributed by atoms with Crippen molar-refractivity contribution >= 4 is 39.2 Å². The number of carbonyl (C=O) groups excluding carboxylic acids is 1. The summed E-state index contributed by atoms with van der Waals surface area (Å²) in [4.78, 5) is 22.8. The highest BCUT2D eigenvalue weighted by Crippen LogP contribution is 2.28. The Kier molecular flexibility index (Phi) is 4.21. The summed E-state index contributed by atoms with van der Waals surface area (Å²) in [5, 5.41) is 24.5. The quantitative estimate of drug-likeness (QED) is 0.431. The zero-order chi connectivity index (χ0) is 17.1. The van der Waals surface area contributed by atoms with Gasteiger partial charge in [-0.3, -0.25) is 14.9 Å². The number of phenols is 1. The van der Waals surface area contributed by atoms with E-state index in [-0.39, 0.29) is 11.4 Å². The average molecular weight is 341 g/mol. The van der Waals surface area contributed by atoms with E-state index in [1.54, 1.807) is 24.3 Å². The number of carbonyl (C=O) groups is 1. The molecule has 8 heteroatoms. The first-order chi connectivity index (χ1) is 11.5. The fourth-order valence-electron chi connectivity index (χ4n) is 2.04. The number of phenolic OH excluding ortho intramolecular Hbond substituents is 1. The van der Waals surface area contributed by atoms with Crippen molar-refractivity contribution in [1.82, 2.24) is 5.43 Å². The van der Waals surface area contributed by atoms with E-state index in [1.807, 2.05) is 0 Å². The van der Waals surface area contributed by atoms with Gasteiger partial charge in [-0.1, -0.05) is 0 Å². The Morgan fingerprint density at radius 2 is 1.96 bits per heavy atom. The van der Waals surface area contributed by atoms with Crippen LogP contribution in [-0.2, 0) is 0 Å². The van der Waals surface area contributed by atoms with Crippen LogP contribution < -0.4 is 5.43 Å². The van der Waals surface area contributed by atoms with E-state index in [1.165, 1.54) is 41.8 Å². The van der Waals surface area contributed by atoms with Crippen LogP contribution in [0.5, 0.6) is 5.75 Å². The average Bonchev–Trinajstić information content (AvgIpc) is 2.99. The summed E-state index contributed by atoms with van der Waals surface area (Å²) in [5.74, 6) is -0.246. The van der Waals surface area contributed by atoms with Crippen molar-refractivity contribution < 1.29 is 14.8 Å². The van der Waals surface area contributed by atoms with Crippen molar-refractivity contribution in [2.45, 2.75) is 0 Å². The summed E-state index contributed by atoms with van der Waals surface area (Å²) in [6.45, 7) is 0. The fourth-order valence-corrected chi connectivity index (χ4v) is 2.97. The highest BCUT2D eigenvalue weighted by atomic mass is 32.1. The molecule has 24 heavy (non-hydrogen) atoms. The second-order valence-electron chi connectivity index (χ2n) is 4.88. The van der Waals surface area contributed by atoms with E-state index in [0.29, 0.717) is 10.3 Å². The molecule has 0 atom stereocenters. The lowest BCUT2D eigenvalue weighted by Gasteiger charge is -1.96. The number of nitrogens with one attached hydrogen (secondary N) is 1. The largest absolute Gasteiger partial charge is 0.508 e. The number of hydrazone groups is 1. The number of hydrogen-bond acceptors (Lipinski definition) is 6. The topological polar surface area (TPSA) is 105 Å². The molecular weight excluding hydrogens is 330 g/mol. The maximum absolute atomic E-state index is 12.1. The van der Waals surface area contributed by atoms with E-state index in [0.717, 1.165) is 10.3 Å². The lowest BCUT2D eigenvalue weighted by Crippen LogP contribution is -2.16. The molecule has 1 heterocycles. The van der Waals surface area contributed by atoms with Crippen LogP contribution in [0.3, 0.4) is 0 Å². The lowest BCUT2D eigenvalue weighted by molar-refractivity contribution is -0.384. The van der Waals surface area contributed by atoms with Gasteiger partial charge in [0.25, 0.3) is 11.6 Å². The third kappa shape index (κ3) is 3.39. The van der Waals surface area contributed by atoms with Crippen LogP contribution in [-0.4, -0.2) is 22.2 Å². The molecule has 1 amide bonds. The monoisotopic (exact) mass is 341 g/mol. The molecule has 2 N–H and O–H groups in total. The molecule has 120 valence electrons. The minimum absolute atomic E-state index is 0.0161. The van der Waals surface area contributed by atoms with Gasteiger partial charge in [0.2, 0.25) is 0 Å². The number of non-ortho nitro benzene ring substituents is 1. The zero-order valence-corrected chi connectivity index (χ0v) is 13.0. The summed E-state index contributed by atoms with van der Waals surface area (Å²) in [7, 11) is 0. The molecule has 0 aliphatic carbocycles. The Hall–Kier alpha value is -3.26. The molecule has 3 aromatic rings. The van der Waals surface area contributed by atoms with E-state index < -0.39 is 10.8 Å². The van der Waals surface area contributed by atoms with Gasteiger partial charge in [0.1, 0.15) is 5.75 Å². The molecule has 7 nitrogen and oxygen atoms in total. The molecular formula is C16H11N3O4S. The number of thiophene rings is 1. The number of aromatic hydroxyl groups is 1. The van der Waals surface area contributed by atoms with Gasteiger partial charge in [-0.05, 0) is 42.0 Å². The first kappa shape index (κ1) is 15.6. The summed E-state index contributed by atoms with van der Waals surface area (Å²) in [5.41, 5.74) is 3.11. The summed E-state index contributed by atoms with van der Waals surface area (Å²) < 4.78 is 0.785. The highest BCUT2D eigenvalue weighted by Gasteiger charge is 2.12. The highest BCUT2D eigenvalue weighted by molar-refractivity contribution is 7.20. The number of benzene rings is 2. The number of fused-ring (bicyclic) bond motifs is 1. The second kappa shape index (κ2) is 6.47. The van der Waals surface area contributed by atoms with Gasteiger partial charge in [-0.2, -0.15) is 5.10 Å². The Labute approximate surface area is 140 Å². The molecule has 0 radical (unpaired) electrons. The molecule has 0 saturated heterocycles. The van der Waals surface area contributed by atoms with Gasteiger partial charge < -0.3 is 5.11 Å². The molecule has 0 spiro atoms. The Morgan fingerprint density at radius 3 is 2.67 bits per heavy atom. The van der Waals surface area contributed by atoms with Crippen LogP contribution in [0.1, 0.15) is 15.2 Å². The smallest absolute Gasteiger partial charge is 0.281 e. The van der Waals surface area contributed by atoms with Crippen molar-refractivity contribution in [3.05, 3.63) is 69.1 Å². The number of hydrogen-bond donors (Lipinski definition) is 2. The van der Waals surface area contributed by atoms with Crippen molar-refractivity contribution in [3.8, 4) is 5.75 Å². The van der Waals surface area contributed by atoms with Crippen LogP contribution in [0.25, 0.3) is 10.1 Å². The Bertz CT molecular complexity index is 948. The summed E-state index contributed by atoms with van der Waals surface area (Å²) in [6.07, 6.45) is 1.45. The second-order valence-corrected chi connectivity index (χ2v) is 5.96. The maximum Gasteiger partial charge on any atom is 0.281 e. The molecule has 0 bridgehead atoms. The standard InChI is InChI=1S/C16H11N3O4S/c20-13-4-1-10(2-5-13)9-17-18-16(21)15-8-11-7-12(19(22)23)3-6-14(11)24-15/h1-9,20H,(H,18,21)/b17-9-. The van der Waals surface area contributed by atoms with Crippen LogP contribution in [0.15, 0.2) is 53.6 Å². The van der Waals surface area contributed by atoms with Crippen LogP contribution in [0.4, 0.5) is 5.69 Å². The number of nitro benzene ring substituents is 1. The van der Waals surface area contributed by atoms with Crippen molar-refractivity contribution in [2.24, 2.45) is 5.10 Å². The molecule has 2 aromatic carbocycles. The third-order valence-electron chi connectivity index (χ3n) is 3.21. The lowest BCUT2D eigenvalue weighted by atomic mass is 10.2. The third-order valence-corrected chi connectivity index (χ3v) is 4.32. The Morgan fingerprint density at radius 1 is 1.21 bits per heavy atom. The first-order valence-electron chi connectivity index (χ1n) is 6.83. The molecule has 0 aliphatic heterocycles. The van der Waals surface area contributed by atoms with Gasteiger partial charge in [0.05, 0.1) is 16.0 Å². The summed E-state index contributed by atoms with van der Waals surface area (Å²) >= 11 is 1.23. The SMILES string of the molecule is O=C(N/N=C\c1ccc(O)cc1)c1cc2cc([N+](=O)[O-])ccc2s1. The molecule has 1 aromatic heterocycles. The Balaban J connectivity index is 1.73. The van der Waals surface area contributed by atoms with Gasteiger partial charge >= 0.3 is 0 Å². The van der Waals surface area contributed by atoms with Crippen molar-refractivity contribution in [3.63, 3.8) is 0 Å². The number of amides is 1. The van der Waals surface area contributed by atoms with Crippen molar-refractivity contribution in [2.75, 3.05) is 0 Å². The van der Waals surface area contributed by atoms with Gasteiger partial charge in [-0.25, -0.2) is 5.43 Å². The van der Waals surface area contributed by atoms with Crippen LogP contribution in [0.2, 0.25) is 0 Å².